The van der Waals surface area contributed by atoms with E-state index in [0.29, 0.717) is 5.69 Å². The monoisotopic (exact) mass is 238 g/mol. The highest BCUT2D eigenvalue weighted by molar-refractivity contribution is 6.32. The second kappa shape index (κ2) is 3.82. The van der Waals surface area contributed by atoms with Crippen LogP contribution >= 0.6 is 11.6 Å². The number of nitro benzene ring substituents is 1. The molecule has 1 aromatic heterocycles. The zero-order chi connectivity index (χ0) is 11.7. The summed E-state index contributed by atoms with van der Waals surface area (Å²) in [6.07, 6.45) is 3.25. The first-order valence-electron chi connectivity index (χ1n) is 4.33. The van der Waals surface area contributed by atoms with Crippen molar-refractivity contribution >= 4 is 23.0 Å². The molecular weight excluding hydrogens is 232 g/mol. The van der Waals surface area contributed by atoms with Gasteiger partial charge in [-0.2, -0.15) is 5.10 Å². The average Bonchev–Trinajstić information content (AvgIpc) is 2.73. The quantitative estimate of drug-likeness (QED) is 0.493. The Kier molecular flexibility index (Phi) is 2.49. The number of nitrogens with zero attached hydrogens (tertiary/aromatic N) is 3. The Labute approximate surface area is 95.4 Å². The van der Waals surface area contributed by atoms with Crippen LogP contribution in [0.5, 0.6) is 0 Å². The van der Waals surface area contributed by atoms with E-state index in [2.05, 4.69) is 5.10 Å². The maximum Gasteiger partial charge on any atom is 0.293 e. The van der Waals surface area contributed by atoms with Gasteiger partial charge in [-0.25, -0.2) is 4.68 Å². The second-order valence-electron chi connectivity index (χ2n) is 3.07. The lowest BCUT2D eigenvalue weighted by Crippen LogP contribution is -2.01. The van der Waals surface area contributed by atoms with Crippen LogP contribution in [0.3, 0.4) is 0 Å². The van der Waals surface area contributed by atoms with Crippen molar-refractivity contribution < 1.29 is 4.92 Å². The van der Waals surface area contributed by atoms with Crippen LogP contribution in [0.1, 0.15) is 0 Å². The Morgan fingerprint density at radius 3 is 2.81 bits per heavy atom. The molecule has 0 bridgehead atoms. The zero-order valence-electron chi connectivity index (χ0n) is 8.00. The molecule has 0 saturated heterocycles. The van der Waals surface area contributed by atoms with Crippen LogP contribution in [-0.2, 0) is 0 Å². The average molecular weight is 239 g/mol. The van der Waals surface area contributed by atoms with E-state index in [1.165, 1.54) is 16.8 Å². The van der Waals surface area contributed by atoms with Gasteiger partial charge in [0.2, 0.25) is 0 Å². The fourth-order valence-electron chi connectivity index (χ4n) is 1.31. The topological polar surface area (TPSA) is 87.0 Å². The smallest absolute Gasteiger partial charge is 0.293 e. The Bertz CT molecular complexity index is 539. The standard InChI is InChI=1S/C9H7ClN4O2/c10-6-4-9(14(15)16)7(11)5-8(6)13-3-1-2-12-13/h1-5H,11H2. The van der Waals surface area contributed by atoms with E-state index >= 15 is 0 Å². The lowest BCUT2D eigenvalue weighted by Gasteiger charge is -2.05. The van der Waals surface area contributed by atoms with Crippen LogP contribution in [0.2, 0.25) is 5.02 Å². The highest BCUT2D eigenvalue weighted by atomic mass is 35.5. The number of benzene rings is 1. The number of rotatable bonds is 2. The lowest BCUT2D eigenvalue weighted by molar-refractivity contribution is -0.383. The summed E-state index contributed by atoms with van der Waals surface area (Å²) in [7, 11) is 0. The van der Waals surface area contributed by atoms with E-state index in [1.54, 1.807) is 18.5 Å². The summed E-state index contributed by atoms with van der Waals surface area (Å²) in [5.74, 6) is 0. The molecule has 0 saturated carbocycles. The minimum Gasteiger partial charge on any atom is -0.393 e. The minimum absolute atomic E-state index is 0.0555. The predicted octanol–water partition coefficient (Wildman–Crippen LogP) is 2.02. The molecule has 0 spiro atoms. The van der Waals surface area contributed by atoms with E-state index in [0.717, 1.165) is 0 Å². The van der Waals surface area contributed by atoms with Crippen molar-refractivity contribution in [3.05, 3.63) is 45.7 Å². The van der Waals surface area contributed by atoms with Gasteiger partial charge in [-0.05, 0) is 12.1 Å². The number of nitrogens with two attached hydrogens (primary N) is 1. The first-order valence-corrected chi connectivity index (χ1v) is 4.71. The van der Waals surface area contributed by atoms with Crippen LogP contribution in [0.25, 0.3) is 5.69 Å². The number of hydrogen-bond donors (Lipinski definition) is 1. The van der Waals surface area contributed by atoms with Gasteiger partial charge in [0, 0.05) is 18.5 Å². The van der Waals surface area contributed by atoms with Crippen molar-refractivity contribution in [2.75, 3.05) is 5.73 Å². The molecule has 2 aromatic rings. The molecule has 0 aliphatic rings. The lowest BCUT2D eigenvalue weighted by atomic mass is 10.2. The Balaban J connectivity index is 2.59. The van der Waals surface area contributed by atoms with Crippen molar-refractivity contribution in [3.8, 4) is 5.69 Å². The summed E-state index contributed by atoms with van der Waals surface area (Å²) >= 11 is 5.92. The molecule has 0 unspecified atom stereocenters. The SMILES string of the molecule is Nc1cc(-n2cccn2)c(Cl)cc1[N+](=O)[O-]. The maximum atomic E-state index is 10.6. The summed E-state index contributed by atoms with van der Waals surface area (Å²) in [5, 5.41) is 14.8. The van der Waals surface area contributed by atoms with E-state index in [9.17, 15) is 10.1 Å². The summed E-state index contributed by atoms with van der Waals surface area (Å²) in [5.41, 5.74) is 5.91. The molecule has 1 heterocycles. The number of hydrogen-bond acceptors (Lipinski definition) is 4. The summed E-state index contributed by atoms with van der Waals surface area (Å²) in [6.45, 7) is 0. The molecule has 2 rings (SSSR count). The third kappa shape index (κ3) is 1.70. The summed E-state index contributed by atoms with van der Waals surface area (Å²) in [6, 6.07) is 4.36. The number of anilines is 1. The van der Waals surface area contributed by atoms with Crippen molar-refractivity contribution in [1.82, 2.24) is 9.78 Å². The Morgan fingerprint density at radius 1 is 1.50 bits per heavy atom. The zero-order valence-corrected chi connectivity index (χ0v) is 8.76. The van der Waals surface area contributed by atoms with Gasteiger partial charge in [-0.15, -0.1) is 0 Å². The molecule has 6 nitrogen and oxygen atoms in total. The van der Waals surface area contributed by atoms with Gasteiger partial charge in [0.1, 0.15) is 5.69 Å². The molecule has 0 radical (unpaired) electrons. The molecular formula is C9H7ClN4O2. The van der Waals surface area contributed by atoms with Crippen LogP contribution in [0, 0.1) is 10.1 Å². The normalized spacial score (nSPS) is 10.3. The van der Waals surface area contributed by atoms with Crippen LogP contribution in [0.15, 0.2) is 30.6 Å². The molecule has 82 valence electrons. The van der Waals surface area contributed by atoms with E-state index < -0.39 is 4.92 Å². The third-order valence-electron chi connectivity index (χ3n) is 2.04. The first-order chi connectivity index (χ1) is 7.59. The Morgan fingerprint density at radius 2 is 2.25 bits per heavy atom. The van der Waals surface area contributed by atoms with Crippen molar-refractivity contribution in [2.45, 2.75) is 0 Å². The summed E-state index contributed by atoms with van der Waals surface area (Å²) < 4.78 is 1.49. The second-order valence-corrected chi connectivity index (χ2v) is 3.48. The number of nitrogen functional groups attached to an aromatic ring is 1. The fraction of sp³-hybridized carbons (Fsp3) is 0. The summed E-state index contributed by atoms with van der Waals surface area (Å²) in [4.78, 5) is 10.0. The van der Waals surface area contributed by atoms with Gasteiger partial charge in [-0.3, -0.25) is 10.1 Å². The highest BCUT2D eigenvalue weighted by Gasteiger charge is 2.16. The van der Waals surface area contributed by atoms with Gasteiger partial charge >= 0.3 is 0 Å². The molecule has 0 fully saturated rings. The molecule has 0 atom stereocenters. The number of aromatic nitrogens is 2. The van der Waals surface area contributed by atoms with Crippen molar-refractivity contribution in [3.63, 3.8) is 0 Å². The predicted molar refractivity (Wildman–Crippen MR) is 59.6 cm³/mol. The van der Waals surface area contributed by atoms with E-state index in [1.807, 2.05) is 0 Å². The van der Waals surface area contributed by atoms with Gasteiger partial charge < -0.3 is 5.73 Å². The van der Waals surface area contributed by atoms with E-state index in [4.69, 9.17) is 17.3 Å². The highest BCUT2D eigenvalue weighted by Crippen LogP contribution is 2.30. The largest absolute Gasteiger partial charge is 0.393 e. The first kappa shape index (κ1) is 10.4. The molecule has 0 aliphatic heterocycles. The molecule has 0 aliphatic carbocycles. The van der Waals surface area contributed by atoms with E-state index in [-0.39, 0.29) is 16.4 Å². The molecule has 7 heteroatoms. The molecule has 2 N–H and O–H groups in total. The fourth-order valence-corrected chi connectivity index (χ4v) is 1.56. The number of nitro groups is 1. The molecule has 1 aromatic carbocycles. The van der Waals surface area contributed by atoms with Gasteiger partial charge in [0.15, 0.2) is 0 Å². The van der Waals surface area contributed by atoms with Crippen molar-refractivity contribution in [1.29, 1.82) is 0 Å². The maximum absolute atomic E-state index is 10.6. The third-order valence-corrected chi connectivity index (χ3v) is 2.35. The minimum atomic E-state index is -0.575. The van der Waals surface area contributed by atoms with Gasteiger partial charge in [-0.1, -0.05) is 11.6 Å². The van der Waals surface area contributed by atoms with Gasteiger partial charge in [0.25, 0.3) is 5.69 Å². The van der Waals surface area contributed by atoms with Crippen LogP contribution in [-0.4, -0.2) is 14.7 Å². The molecule has 0 amide bonds. The van der Waals surface area contributed by atoms with Crippen LogP contribution in [0.4, 0.5) is 11.4 Å². The van der Waals surface area contributed by atoms with Gasteiger partial charge in [0.05, 0.1) is 15.6 Å². The molecule has 16 heavy (non-hydrogen) atoms. The number of halogens is 1. The van der Waals surface area contributed by atoms with Crippen molar-refractivity contribution in [2.24, 2.45) is 0 Å². The Hall–Kier alpha value is -2.08. The van der Waals surface area contributed by atoms with Crippen LogP contribution < -0.4 is 5.73 Å².